The van der Waals surface area contributed by atoms with E-state index in [2.05, 4.69) is 24.2 Å². The van der Waals surface area contributed by atoms with Crippen LogP contribution in [0.2, 0.25) is 0 Å². The molecule has 2 rings (SSSR count). The molecule has 1 amide bonds. The second-order valence-corrected chi connectivity index (χ2v) is 5.65. The minimum absolute atomic E-state index is 0.0285. The van der Waals surface area contributed by atoms with Crippen LogP contribution in [0.25, 0.3) is 0 Å². The Balaban J connectivity index is 1.94. The van der Waals surface area contributed by atoms with Crippen molar-refractivity contribution < 1.29 is 4.79 Å². The average molecular weight is 253 g/mol. The van der Waals surface area contributed by atoms with Crippen LogP contribution in [-0.4, -0.2) is 36.5 Å². The van der Waals surface area contributed by atoms with Crippen LogP contribution in [0.15, 0.2) is 11.4 Å². The quantitative estimate of drug-likeness (QED) is 0.840. The number of carbonyl (C=O) groups excluding carboxylic acids is 1. The number of nitrogens with zero attached hydrogens (tertiary/aromatic N) is 1. The highest BCUT2D eigenvalue weighted by molar-refractivity contribution is 7.12. The summed E-state index contributed by atoms with van der Waals surface area (Å²) in [7, 11) is 2.12. The molecule has 3 N–H and O–H groups in total. The normalized spacial score (nSPS) is 25.8. The van der Waals surface area contributed by atoms with Crippen molar-refractivity contribution in [1.82, 2.24) is 10.2 Å². The molecular formula is C12H19N3OS. The van der Waals surface area contributed by atoms with E-state index in [0.29, 0.717) is 16.6 Å². The molecule has 4 nitrogen and oxygen atoms in total. The molecule has 0 radical (unpaired) electrons. The number of hydrogen-bond donors (Lipinski definition) is 2. The topological polar surface area (TPSA) is 58.4 Å². The number of piperidine rings is 1. The van der Waals surface area contributed by atoms with E-state index in [1.807, 2.05) is 5.38 Å². The largest absolute Gasteiger partial charge is 0.397 e. The van der Waals surface area contributed by atoms with E-state index in [0.717, 1.165) is 19.4 Å². The highest BCUT2D eigenvalue weighted by Gasteiger charge is 2.24. The van der Waals surface area contributed by atoms with Gasteiger partial charge in [0.05, 0.1) is 5.69 Å². The van der Waals surface area contributed by atoms with E-state index in [4.69, 9.17) is 5.73 Å². The molecule has 94 valence electrons. The molecule has 1 aliphatic heterocycles. The van der Waals surface area contributed by atoms with Crippen LogP contribution in [0, 0.1) is 0 Å². The molecule has 0 aliphatic carbocycles. The van der Waals surface area contributed by atoms with Crippen LogP contribution in [0.3, 0.4) is 0 Å². The Hall–Kier alpha value is -1.07. The Morgan fingerprint density at radius 2 is 2.41 bits per heavy atom. The first-order valence-corrected chi connectivity index (χ1v) is 6.80. The highest BCUT2D eigenvalue weighted by Crippen LogP contribution is 2.20. The van der Waals surface area contributed by atoms with Crippen molar-refractivity contribution in [2.45, 2.75) is 31.8 Å². The van der Waals surface area contributed by atoms with Crippen molar-refractivity contribution >= 4 is 22.9 Å². The van der Waals surface area contributed by atoms with Crippen LogP contribution in [0.1, 0.15) is 29.4 Å². The standard InChI is InChI=1S/C12H19N3OS/c1-8-7-9(3-5-15(8)2)14-12(16)11-10(13)4-6-17-11/h4,6,8-9H,3,5,7,13H2,1-2H3,(H,14,16). The Bertz CT molecular complexity index is 404. The molecule has 0 bridgehead atoms. The van der Waals surface area contributed by atoms with Gasteiger partial charge in [0, 0.05) is 18.6 Å². The third-order valence-electron chi connectivity index (χ3n) is 3.45. The number of amides is 1. The molecule has 17 heavy (non-hydrogen) atoms. The third-order valence-corrected chi connectivity index (χ3v) is 4.37. The van der Waals surface area contributed by atoms with Gasteiger partial charge in [0.1, 0.15) is 4.88 Å². The monoisotopic (exact) mass is 253 g/mol. The summed E-state index contributed by atoms with van der Waals surface area (Å²) in [4.78, 5) is 14.9. The van der Waals surface area contributed by atoms with E-state index >= 15 is 0 Å². The maximum atomic E-state index is 12.0. The van der Waals surface area contributed by atoms with Crippen molar-refractivity contribution in [2.24, 2.45) is 0 Å². The first kappa shape index (κ1) is 12.4. The van der Waals surface area contributed by atoms with Gasteiger partial charge in [0.25, 0.3) is 5.91 Å². The summed E-state index contributed by atoms with van der Waals surface area (Å²) in [5, 5.41) is 4.93. The van der Waals surface area contributed by atoms with Crippen LogP contribution in [0.5, 0.6) is 0 Å². The predicted molar refractivity (Wildman–Crippen MR) is 71.3 cm³/mol. The lowest BCUT2D eigenvalue weighted by Crippen LogP contribution is -2.47. The number of hydrogen-bond acceptors (Lipinski definition) is 4. The zero-order valence-corrected chi connectivity index (χ0v) is 11.1. The van der Waals surface area contributed by atoms with E-state index in [-0.39, 0.29) is 11.9 Å². The minimum Gasteiger partial charge on any atom is -0.397 e. The number of carbonyl (C=O) groups is 1. The Kier molecular flexibility index (Phi) is 3.69. The van der Waals surface area contributed by atoms with Crippen molar-refractivity contribution in [3.05, 3.63) is 16.3 Å². The van der Waals surface area contributed by atoms with Gasteiger partial charge in [-0.15, -0.1) is 11.3 Å². The number of nitrogen functional groups attached to an aromatic ring is 1. The summed E-state index contributed by atoms with van der Waals surface area (Å²) >= 11 is 1.40. The molecule has 0 saturated carbocycles. The highest BCUT2D eigenvalue weighted by atomic mass is 32.1. The van der Waals surface area contributed by atoms with Crippen LogP contribution in [-0.2, 0) is 0 Å². The predicted octanol–water partition coefficient (Wildman–Crippen LogP) is 1.54. The van der Waals surface area contributed by atoms with Crippen molar-refractivity contribution in [1.29, 1.82) is 0 Å². The molecule has 1 fully saturated rings. The Morgan fingerprint density at radius 1 is 1.65 bits per heavy atom. The summed E-state index contributed by atoms with van der Waals surface area (Å²) in [5.74, 6) is -0.0285. The number of anilines is 1. The Morgan fingerprint density at radius 3 is 3.00 bits per heavy atom. The average Bonchev–Trinajstić information content (AvgIpc) is 2.70. The molecule has 1 aliphatic rings. The summed E-state index contributed by atoms with van der Waals surface area (Å²) < 4.78 is 0. The first-order chi connectivity index (χ1) is 8.08. The zero-order valence-electron chi connectivity index (χ0n) is 10.3. The lowest BCUT2D eigenvalue weighted by molar-refractivity contribution is 0.0901. The molecule has 1 aromatic rings. The number of nitrogens with one attached hydrogen (secondary N) is 1. The zero-order chi connectivity index (χ0) is 12.4. The fourth-order valence-corrected chi connectivity index (χ4v) is 2.90. The fraction of sp³-hybridized carbons (Fsp3) is 0.583. The fourth-order valence-electron chi connectivity index (χ4n) is 2.18. The van der Waals surface area contributed by atoms with Gasteiger partial charge in [-0.25, -0.2) is 0 Å². The molecule has 2 atom stereocenters. The van der Waals surface area contributed by atoms with Gasteiger partial charge in [0.2, 0.25) is 0 Å². The van der Waals surface area contributed by atoms with Crippen LogP contribution >= 0.6 is 11.3 Å². The van der Waals surface area contributed by atoms with Gasteiger partial charge in [-0.05, 0) is 38.3 Å². The molecule has 0 spiro atoms. The third kappa shape index (κ3) is 2.79. The smallest absolute Gasteiger partial charge is 0.263 e. The van der Waals surface area contributed by atoms with Crippen molar-refractivity contribution in [3.63, 3.8) is 0 Å². The van der Waals surface area contributed by atoms with Crippen molar-refractivity contribution in [2.75, 3.05) is 19.3 Å². The van der Waals surface area contributed by atoms with Gasteiger partial charge in [-0.1, -0.05) is 0 Å². The van der Waals surface area contributed by atoms with E-state index in [9.17, 15) is 4.79 Å². The second-order valence-electron chi connectivity index (χ2n) is 4.73. The summed E-state index contributed by atoms with van der Waals surface area (Å²) in [5.41, 5.74) is 6.31. The second kappa shape index (κ2) is 5.06. The summed E-state index contributed by atoms with van der Waals surface area (Å²) in [6, 6.07) is 2.57. The lowest BCUT2D eigenvalue weighted by Gasteiger charge is -2.35. The lowest BCUT2D eigenvalue weighted by atomic mass is 9.99. The maximum absolute atomic E-state index is 12.0. The van der Waals surface area contributed by atoms with E-state index in [1.165, 1.54) is 11.3 Å². The van der Waals surface area contributed by atoms with E-state index in [1.54, 1.807) is 6.07 Å². The van der Waals surface area contributed by atoms with E-state index < -0.39 is 0 Å². The molecular weight excluding hydrogens is 234 g/mol. The molecule has 2 unspecified atom stereocenters. The van der Waals surface area contributed by atoms with Gasteiger partial charge in [-0.3, -0.25) is 4.79 Å². The van der Waals surface area contributed by atoms with Gasteiger partial charge >= 0.3 is 0 Å². The number of likely N-dealkylation sites (tertiary alicyclic amines) is 1. The number of rotatable bonds is 2. The minimum atomic E-state index is -0.0285. The van der Waals surface area contributed by atoms with Crippen LogP contribution in [0.4, 0.5) is 5.69 Å². The van der Waals surface area contributed by atoms with Crippen LogP contribution < -0.4 is 11.1 Å². The molecule has 1 aromatic heterocycles. The number of nitrogens with two attached hydrogens (primary N) is 1. The SMILES string of the molecule is CC1CC(NC(=O)c2sccc2N)CCN1C. The van der Waals surface area contributed by atoms with Gasteiger partial charge in [-0.2, -0.15) is 0 Å². The first-order valence-electron chi connectivity index (χ1n) is 5.92. The van der Waals surface area contributed by atoms with Gasteiger partial charge < -0.3 is 16.0 Å². The molecule has 5 heteroatoms. The van der Waals surface area contributed by atoms with Gasteiger partial charge in [0.15, 0.2) is 0 Å². The molecule has 1 saturated heterocycles. The number of thiophene rings is 1. The molecule has 0 aromatic carbocycles. The Labute approximate surface area is 106 Å². The summed E-state index contributed by atoms with van der Waals surface area (Å²) in [6.07, 6.45) is 2.02. The summed E-state index contributed by atoms with van der Waals surface area (Å²) in [6.45, 7) is 3.23. The maximum Gasteiger partial charge on any atom is 0.263 e. The van der Waals surface area contributed by atoms with Crippen molar-refractivity contribution in [3.8, 4) is 0 Å². The molecule has 2 heterocycles.